The van der Waals surface area contributed by atoms with Crippen molar-refractivity contribution in [3.05, 3.63) is 144 Å². The van der Waals surface area contributed by atoms with Crippen LogP contribution in [0.1, 0.15) is 79.0 Å². The van der Waals surface area contributed by atoms with Crippen molar-refractivity contribution in [2.75, 3.05) is 0 Å². The van der Waals surface area contributed by atoms with Crippen molar-refractivity contribution >= 4 is 11.0 Å². The van der Waals surface area contributed by atoms with E-state index in [0.717, 1.165) is 67.2 Å². The molecule has 0 fully saturated rings. The van der Waals surface area contributed by atoms with Crippen LogP contribution >= 0.6 is 0 Å². The van der Waals surface area contributed by atoms with Crippen LogP contribution in [0.3, 0.4) is 0 Å². The lowest BCUT2D eigenvalue weighted by molar-refractivity contribution is -0.554. The molecule has 0 radical (unpaired) electrons. The molecule has 0 spiro atoms. The molecule has 7 rings (SSSR count). The molecule has 4 heteroatoms. The van der Waals surface area contributed by atoms with Crippen molar-refractivity contribution in [1.29, 1.82) is 0 Å². The first-order valence-electron chi connectivity index (χ1n) is 18.3. The van der Waals surface area contributed by atoms with Crippen LogP contribution < -0.4 is 4.57 Å². The predicted octanol–water partition coefficient (Wildman–Crippen LogP) is 12.1. The van der Waals surface area contributed by atoms with Crippen LogP contribution in [0.5, 0.6) is 5.75 Å². The molecule has 0 aliphatic rings. The lowest BCUT2D eigenvalue weighted by atomic mass is 9.79. The summed E-state index contributed by atoms with van der Waals surface area (Å²) in [7, 11) is 0. The normalized spacial score (nSPS) is 12.4. The number of rotatable bonds is 5. The summed E-state index contributed by atoms with van der Waals surface area (Å²) in [5.41, 5.74) is 13.1. The van der Waals surface area contributed by atoms with Gasteiger partial charge in [-0.25, -0.2) is 4.98 Å². The second-order valence-electron chi connectivity index (χ2n) is 17.1. The average molecular weight is 685 g/mol. The number of aromatic amines is 1. The maximum absolute atomic E-state index is 12.3. The van der Waals surface area contributed by atoms with Crippen LogP contribution in [0.2, 0.25) is 0 Å². The molecule has 0 unspecified atom stereocenters. The van der Waals surface area contributed by atoms with E-state index in [-0.39, 0.29) is 16.2 Å². The summed E-state index contributed by atoms with van der Waals surface area (Å²) in [5.74, 6) is 1.13. The third kappa shape index (κ3) is 6.54. The number of benzene rings is 5. The van der Waals surface area contributed by atoms with Crippen molar-refractivity contribution in [2.45, 2.75) is 78.6 Å². The summed E-state index contributed by atoms with van der Waals surface area (Å²) in [6.07, 6.45) is 1.86. The Hall–Kier alpha value is -5.48. The summed E-state index contributed by atoms with van der Waals surface area (Å²) < 4.78 is 2.31. The third-order valence-corrected chi connectivity index (χ3v) is 10.1. The minimum atomic E-state index is -0.278. The number of hydrogen-bond acceptors (Lipinski definition) is 2. The van der Waals surface area contributed by atoms with E-state index in [1.165, 1.54) is 11.1 Å². The van der Waals surface area contributed by atoms with E-state index in [4.69, 9.17) is 4.98 Å². The highest BCUT2D eigenvalue weighted by atomic mass is 16.3. The highest BCUT2D eigenvalue weighted by Crippen LogP contribution is 2.43. The Morgan fingerprint density at radius 1 is 0.538 bits per heavy atom. The van der Waals surface area contributed by atoms with Gasteiger partial charge in [-0.05, 0) is 87.0 Å². The number of nitrogens with zero attached hydrogens (tertiary/aromatic N) is 2. The minimum absolute atomic E-state index is 0.0780. The topological polar surface area (TPSA) is 52.8 Å². The van der Waals surface area contributed by atoms with Gasteiger partial charge in [-0.15, -0.1) is 0 Å². The summed E-state index contributed by atoms with van der Waals surface area (Å²) in [4.78, 5) is 8.66. The Balaban J connectivity index is 1.60. The number of fused-ring (bicyclic) bond motifs is 1. The maximum atomic E-state index is 12.3. The molecule has 5 aromatic carbocycles. The molecule has 0 atom stereocenters. The first-order valence-corrected chi connectivity index (χ1v) is 18.3. The van der Waals surface area contributed by atoms with Crippen molar-refractivity contribution in [3.63, 3.8) is 0 Å². The molecule has 52 heavy (non-hydrogen) atoms. The molecule has 7 aromatic rings. The Bertz CT molecular complexity index is 2400. The van der Waals surface area contributed by atoms with Crippen LogP contribution in [-0.2, 0) is 16.2 Å². The van der Waals surface area contributed by atoms with E-state index < -0.39 is 0 Å². The molecule has 0 amide bonds. The Kier molecular flexibility index (Phi) is 8.69. The lowest BCUT2D eigenvalue weighted by Crippen LogP contribution is -2.33. The largest absolute Gasteiger partial charge is 0.507 e. The van der Waals surface area contributed by atoms with E-state index >= 15 is 0 Å². The van der Waals surface area contributed by atoms with Crippen molar-refractivity contribution in [3.8, 4) is 56.3 Å². The molecule has 0 bridgehead atoms. The second kappa shape index (κ2) is 12.9. The monoisotopic (exact) mass is 684 g/mol. The summed E-state index contributed by atoms with van der Waals surface area (Å²) in [6.45, 7) is 20.0. The van der Waals surface area contributed by atoms with Crippen molar-refractivity contribution in [1.82, 2.24) is 9.97 Å². The van der Waals surface area contributed by atoms with E-state index in [0.29, 0.717) is 5.75 Å². The molecule has 262 valence electrons. The van der Waals surface area contributed by atoms with E-state index in [9.17, 15) is 5.11 Å². The van der Waals surface area contributed by atoms with E-state index in [1.807, 2.05) is 18.3 Å². The van der Waals surface area contributed by atoms with Gasteiger partial charge >= 0.3 is 0 Å². The number of phenols is 1. The zero-order chi connectivity index (χ0) is 37.0. The van der Waals surface area contributed by atoms with E-state index in [2.05, 4.69) is 181 Å². The first-order chi connectivity index (χ1) is 24.6. The second-order valence-corrected chi connectivity index (χ2v) is 17.1. The maximum Gasteiger partial charge on any atom is 0.296 e. The van der Waals surface area contributed by atoms with Gasteiger partial charge in [-0.1, -0.05) is 135 Å². The van der Waals surface area contributed by atoms with Gasteiger partial charge in [0.2, 0.25) is 0 Å². The molecular weight excluding hydrogens is 635 g/mol. The SMILES string of the molecule is CC(C)(C)c1cc(-c2ccccn2)cc(-c2cccc3c2[nH]c(-c2cc(C(C)(C)C)cc(C(C)(C)C)c2O)[n+]3-c2ccccc2-c2ccccc2)c1. The van der Waals surface area contributed by atoms with Crippen molar-refractivity contribution in [2.24, 2.45) is 0 Å². The van der Waals surface area contributed by atoms with Gasteiger partial charge in [0.1, 0.15) is 17.0 Å². The minimum Gasteiger partial charge on any atom is -0.507 e. The number of hydrogen-bond donors (Lipinski definition) is 2. The Morgan fingerprint density at radius 2 is 1.17 bits per heavy atom. The highest BCUT2D eigenvalue weighted by Gasteiger charge is 2.33. The summed E-state index contributed by atoms with van der Waals surface area (Å²) in [5, 5.41) is 12.3. The number of imidazole rings is 1. The van der Waals surface area contributed by atoms with E-state index in [1.54, 1.807) is 0 Å². The number of aromatic nitrogens is 3. The molecule has 2 aromatic heterocycles. The van der Waals surface area contributed by atoms with Crippen LogP contribution in [0.4, 0.5) is 0 Å². The molecule has 2 N–H and O–H groups in total. The standard InChI is InChI=1S/C48H49N3O/c1-46(2,3)34-27-32(26-33(28-34)40-22-15-16-25-49-40)37-21-17-24-42-43(37)50-45(38-29-35(47(4,5)6)30-39(44(38)52)48(7,8)9)51(42)41-23-14-13-20-36(41)31-18-11-10-12-19-31/h10-30H,1-9H3,(H,50,52)/p+1. The highest BCUT2D eigenvalue weighted by molar-refractivity contribution is 5.93. The fourth-order valence-corrected chi connectivity index (χ4v) is 7.08. The predicted molar refractivity (Wildman–Crippen MR) is 217 cm³/mol. The van der Waals surface area contributed by atoms with Gasteiger partial charge < -0.3 is 5.11 Å². The lowest BCUT2D eigenvalue weighted by Gasteiger charge is -2.27. The molecule has 0 saturated heterocycles. The van der Waals surface area contributed by atoms with Gasteiger partial charge in [0.15, 0.2) is 11.0 Å². The van der Waals surface area contributed by atoms with Gasteiger partial charge in [-0.2, -0.15) is 4.57 Å². The van der Waals surface area contributed by atoms with Crippen molar-refractivity contribution < 1.29 is 9.67 Å². The Labute approximate surface area is 308 Å². The van der Waals surface area contributed by atoms with Gasteiger partial charge in [0.25, 0.3) is 5.82 Å². The smallest absolute Gasteiger partial charge is 0.296 e. The van der Waals surface area contributed by atoms with Crippen LogP contribution in [-0.4, -0.2) is 15.1 Å². The average Bonchev–Trinajstić information content (AvgIpc) is 3.50. The zero-order valence-electron chi connectivity index (χ0n) is 32.0. The number of pyridine rings is 1. The number of H-pyrrole nitrogens is 1. The number of aromatic hydroxyl groups is 1. The molecular formula is C48H50N3O+. The molecule has 4 nitrogen and oxygen atoms in total. The Morgan fingerprint density at radius 3 is 1.85 bits per heavy atom. The third-order valence-electron chi connectivity index (χ3n) is 10.1. The quantitative estimate of drug-likeness (QED) is 0.177. The fraction of sp³-hybridized carbons (Fsp3) is 0.250. The number of para-hydroxylation sites is 2. The number of nitrogens with one attached hydrogen (secondary N) is 1. The van der Waals surface area contributed by atoms with Gasteiger partial charge in [-0.3, -0.25) is 4.98 Å². The van der Waals surface area contributed by atoms with Crippen LogP contribution in [0.15, 0.2) is 128 Å². The summed E-state index contributed by atoms with van der Waals surface area (Å²) in [6, 6.07) is 42.9. The molecule has 0 aliphatic heterocycles. The van der Waals surface area contributed by atoms with Gasteiger partial charge in [0, 0.05) is 28.5 Å². The first kappa shape index (κ1) is 34.9. The fourth-order valence-electron chi connectivity index (χ4n) is 7.08. The molecule has 0 aliphatic carbocycles. The zero-order valence-corrected chi connectivity index (χ0v) is 32.0. The van der Waals surface area contributed by atoms with Crippen LogP contribution in [0, 0.1) is 0 Å². The molecule has 2 heterocycles. The number of phenolic OH excluding ortho intramolecular Hbond substituents is 1. The molecule has 0 saturated carbocycles. The summed E-state index contributed by atoms with van der Waals surface area (Å²) >= 11 is 0. The van der Waals surface area contributed by atoms with Gasteiger partial charge in [0.05, 0.1) is 5.69 Å². The van der Waals surface area contributed by atoms with Crippen LogP contribution in [0.25, 0.3) is 61.6 Å².